The number of ether oxygens (including phenoxy) is 2. The van der Waals surface area contributed by atoms with Crippen molar-refractivity contribution in [1.29, 1.82) is 0 Å². The Kier molecular flexibility index (Phi) is 5.24. The zero-order valence-corrected chi connectivity index (χ0v) is 17.9. The van der Waals surface area contributed by atoms with E-state index in [-0.39, 0.29) is 23.3 Å². The average molecular weight is 426 g/mol. The lowest BCUT2D eigenvalue weighted by Crippen LogP contribution is -2.39. The normalized spacial score (nSPS) is 21.4. The largest absolute Gasteiger partial charge is 0.496 e. The highest BCUT2D eigenvalue weighted by Crippen LogP contribution is 2.37. The minimum absolute atomic E-state index is 0.0223. The fourth-order valence-corrected chi connectivity index (χ4v) is 4.57. The fraction of sp³-hybridized carbons (Fsp3) is 0.400. The van der Waals surface area contributed by atoms with Crippen LogP contribution < -0.4 is 4.74 Å². The van der Waals surface area contributed by atoms with E-state index in [0.29, 0.717) is 24.4 Å². The van der Waals surface area contributed by atoms with Crippen LogP contribution in [0.1, 0.15) is 57.0 Å². The molecule has 0 bridgehead atoms. The monoisotopic (exact) mass is 425 g/mol. The van der Waals surface area contributed by atoms with Crippen LogP contribution in [0.5, 0.6) is 5.75 Å². The minimum atomic E-state index is -2.26. The lowest BCUT2D eigenvalue weighted by atomic mass is 9.91. The number of piperidine rings is 1. The van der Waals surface area contributed by atoms with Gasteiger partial charge >= 0.3 is 5.97 Å². The molecule has 0 radical (unpaired) electrons. The molecule has 31 heavy (non-hydrogen) atoms. The van der Waals surface area contributed by atoms with E-state index >= 15 is 0 Å². The third-order valence-electron chi connectivity index (χ3n) is 6.11. The van der Waals surface area contributed by atoms with Crippen molar-refractivity contribution >= 4 is 16.9 Å². The van der Waals surface area contributed by atoms with E-state index in [0.717, 1.165) is 35.9 Å². The Bertz CT molecular complexity index is 1160. The molecule has 0 aliphatic carbocycles. The molecule has 164 valence electrons. The van der Waals surface area contributed by atoms with Crippen molar-refractivity contribution in [3.63, 3.8) is 0 Å². The second-order valence-electron chi connectivity index (χ2n) is 7.89. The quantitative estimate of drug-likeness (QED) is 0.562. The van der Waals surface area contributed by atoms with Gasteiger partial charge in [0.2, 0.25) is 0 Å². The van der Waals surface area contributed by atoms with Crippen molar-refractivity contribution in [1.82, 2.24) is 9.88 Å². The first-order chi connectivity index (χ1) is 16.2. The number of benzene rings is 2. The topological polar surface area (TPSA) is 74.8 Å². The van der Waals surface area contributed by atoms with Crippen LogP contribution in [0, 0.1) is 6.85 Å². The van der Waals surface area contributed by atoms with E-state index in [1.807, 2.05) is 25.1 Å². The zero-order valence-electron chi connectivity index (χ0n) is 20.9. The number of aromatic nitrogens is 1. The summed E-state index contributed by atoms with van der Waals surface area (Å²) in [6.45, 7) is 1.71. The number of fused-ring (bicyclic) bond motifs is 1. The first-order valence-corrected chi connectivity index (χ1v) is 10.6. The van der Waals surface area contributed by atoms with E-state index in [9.17, 15) is 9.90 Å². The molecule has 6 nitrogen and oxygen atoms in total. The van der Waals surface area contributed by atoms with Crippen molar-refractivity contribution < 1.29 is 23.5 Å². The van der Waals surface area contributed by atoms with Crippen molar-refractivity contribution in [3.05, 3.63) is 64.8 Å². The molecule has 2 N–H and O–H groups in total. The van der Waals surface area contributed by atoms with Crippen molar-refractivity contribution in [2.24, 2.45) is 0 Å². The van der Waals surface area contributed by atoms with Crippen molar-refractivity contribution in [3.8, 4) is 5.75 Å². The standard InChI is InChI=1S/C25H30N2O4/c1-4-31-19-10-12-27(22(14-19)17-5-7-18(8-6-17)25(28)29)15-21-20-9-11-26-24(20)16(2)13-23(21)30-3/h5-9,11,13,19,22,26H,4,10,12,14-15H2,1-3H3,(H,28,29)/t19-,22-/m0/s1/i2D3. The van der Waals surface area contributed by atoms with E-state index in [4.69, 9.17) is 13.6 Å². The predicted octanol–water partition coefficient (Wildman–Crippen LogP) is 4.93. The summed E-state index contributed by atoms with van der Waals surface area (Å²) >= 11 is 0. The maximum absolute atomic E-state index is 11.3. The molecule has 2 heterocycles. The maximum Gasteiger partial charge on any atom is 0.335 e. The smallest absolute Gasteiger partial charge is 0.335 e. The lowest BCUT2D eigenvalue weighted by molar-refractivity contribution is -0.0138. The number of likely N-dealkylation sites (tertiary alicyclic amines) is 1. The Morgan fingerprint density at radius 3 is 2.81 bits per heavy atom. The van der Waals surface area contributed by atoms with Crippen LogP contribution >= 0.6 is 0 Å². The molecule has 2 atom stereocenters. The third-order valence-corrected chi connectivity index (χ3v) is 6.11. The average Bonchev–Trinajstić information content (AvgIpc) is 3.29. The van der Waals surface area contributed by atoms with Gasteiger partial charge in [0.05, 0.1) is 18.8 Å². The molecule has 0 amide bonds. The third kappa shape index (κ3) is 4.31. The van der Waals surface area contributed by atoms with Gasteiger partial charge in [0.25, 0.3) is 0 Å². The Balaban J connectivity index is 1.72. The summed E-state index contributed by atoms with van der Waals surface area (Å²) in [5.41, 5.74) is 3.04. The maximum atomic E-state index is 11.3. The summed E-state index contributed by atoms with van der Waals surface area (Å²) in [5, 5.41) is 10.1. The number of nitrogens with zero attached hydrogens (tertiary/aromatic N) is 1. The van der Waals surface area contributed by atoms with Gasteiger partial charge in [-0.3, -0.25) is 4.90 Å². The summed E-state index contributed by atoms with van der Waals surface area (Å²) in [7, 11) is 1.56. The number of hydrogen-bond acceptors (Lipinski definition) is 4. The highest BCUT2D eigenvalue weighted by atomic mass is 16.5. The van der Waals surface area contributed by atoms with Gasteiger partial charge in [0, 0.05) is 52.5 Å². The van der Waals surface area contributed by atoms with Gasteiger partial charge in [-0.05, 0) is 62.0 Å². The predicted molar refractivity (Wildman–Crippen MR) is 121 cm³/mol. The summed E-state index contributed by atoms with van der Waals surface area (Å²) in [6, 6.07) is 10.5. The highest BCUT2D eigenvalue weighted by Gasteiger charge is 2.31. The minimum Gasteiger partial charge on any atom is -0.496 e. The Morgan fingerprint density at radius 1 is 1.32 bits per heavy atom. The molecule has 0 unspecified atom stereocenters. The van der Waals surface area contributed by atoms with Crippen molar-refractivity contribution in [2.45, 2.75) is 45.3 Å². The number of nitrogens with one attached hydrogen (secondary N) is 1. The fourth-order valence-electron chi connectivity index (χ4n) is 4.57. The number of H-pyrrole nitrogens is 1. The van der Waals surface area contributed by atoms with Crippen LogP contribution in [0.4, 0.5) is 0 Å². The number of methoxy groups -OCH3 is 1. The molecule has 4 rings (SSSR count). The summed E-state index contributed by atoms with van der Waals surface area (Å²) in [4.78, 5) is 16.7. The molecule has 1 aliphatic rings. The molecule has 2 aromatic carbocycles. The van der Waals surface area contributed by atoms with Gasteiger partial charge in [-0.2, -0.15) is 0 Å². The summed E-state index contributed by atoms with van der Waals surface area (Å²) < 4.78 is 35.4. The first kappa shape index (κ1) is 17.8. The van der Waals surface area contributed by atoms with Gasteiger partial charge in [-0.15, -0.1) is 0 Å². The number of carbonyl (C=O) groups is 1. The van der Waals surface area contributed by atoms with Crippen molar-refractivity contribution in [2.75, 3.05) is 20.3 Å². The number of carboxylic acid groups (broad SMARTS) is 1. The number of aromatic carboxylic acids is 1. The first-order valence-electron chi connectivity index (χ1n) is 12.1. The summed E-state index contributed by atoms with van der Waals surface area (Å²) in [5.74, 6) is -0.404. The van der Waals surface area contributed by atoms with Gasteiger partial charge in [-0.25, -0.2) is 4.79 Å². The number of hydrogen-bond donors (Lipinski definition) is 2. The zero-order chi connectivity index (χ0) is 24.5. The number of aryl methyl sites for hydroxylation is 1. The molecular weight excluding hydrogens is 392 g/mol. The Labute approximate surface area is 187 Å². The number of carboxylic acids is 1. The van der Waals surface area contributed by atoms with Crippen LogP contribution in [0.15, 0.2) is 42.6 Å². The van der Waals surface area contributed by atoms with Crippen LogP contribution in [-0.2, 0) is 11.3 Å². The molecule has 1 fully saturated rings. The molecule has 6 heteroatoms. The van der Waals surface area contributed by atoms with E-state index < -0.39 is 12.8 Å². The second kappa shape index (κ2) is 9.12. The molecule has 3 aromatic rings. The SMILES string of the molecule is [2H]C([2H])([2H])c1cc(OC)c(CN2CC[C@H](OCC)C[C@H]2c2ccc(C(=O)O)cc2)c2cc[nH]c12. The van der Waals surface area contributed by atoms with Crippen LogP contribution in [0.3, 0.4) is 0 Å². The van der Waals surface area contributed by atoms with E-state index in [1.54, 1.807) is 31.5 Å². The van der Waals surface area contributed by atoms with Crippen LogP contribution in [0.25, 0.3) is 10.9 Å². The van der Waals surface area contributed by atoms with Crippen LogP contribution in [-0.4, -0.2) is 47.3 Å². The molecule has 0 spiro atoms. The lowest BCUT2D eigenvalue weighted by Gasteiger charge is -2.40. The van der Waals surface area contributed by atoms with Gasteiger partial charge in [0.15, 0.2) is 0 Å². The van der Waals surface area contributed by atoms with Crippen LogP contribution in [0.2, 0.25) is 0 Å². The number of aromatic amines is 1. The summed E-state index contributed by atoms with van der Waals surface area (Å²) in [6.07, 6.45) is 3.54. The molecule has 1 saturated heterocycles. The number of rotatable bonds is 7. The molecule has 1 aromatic heterocycles. The Morgan fingerprint density at radius 2 is 2.13 bits per heavy atom. The Hall–Kier alpha value is -2.83. The molecular formula is C25H30N2O4. The van der Waals surface area contributed by atoms with E-state index in [1.165, 1.54) is 0 Å². The van der Waals surface area contributed by atoms with E-state index in [2.05, 4.69) is 9.88 Å². The van der Waals surface area contributed by atoms with Gasteiger partial charge in [-0.1, -0.05) is 12.1 Å². The highest BCUT2D eigenvalue weighted by molar-refractivity contribution is 5.88. The molecule has 1 aliphatic heterocycles. The van der Waals surface area contributed by atoms with Gasteiger partial charge in [0.1, 0.15) is 5.75 Å². The molecule has 0 saturated carbocycles. The second-order valence-corrected chi connectivity index (χ2v) is 7.89. The van der Waals surface area contributed by atoms with Gasteiger partial charge < -0.3 is 19.6 Å².